The van der Waals surface area contributed by atoms with Crippen LogP contribution in [0.15, 0.2) is 256 Å². The summed E-state index contributed by atoms with van der Waals surface area (Å²) in [5.74, 6) is 4.17. The highest BCUT2D eigenvalue weighted by Gasteiger charge is 2.39. The van der Waals surface area contributed by atoms with Crippen molar-refractivity contribution in [3.8, 4) is 79.2 Å². The Balaban J connectivity index is 0.000000110. The number of halogens is 1. The van der Waals surface area contributed by atoms with E-state index in [1.807, 2.05) is 172 Å². The van der Waals surface area contributed by atoms with Gasteiger partial charge in [-0.2, -0.15) is 0 Å². The van der Waals surface area contributed by atoms with E-state index in [4.69, 9.17) is 42.2 Å². The van der Waals surface area contributed by atoms with Crippen molar-refractivity contribution in [3.05, 3.63) is 305 Å². The van der Waals surface area contributed by atoms with Gasteiger partial charge in [-0.25, -0.2) is 39.3 Å². The molecule has 24 rings (SSSR count). The molecule has 18 aromatic rings. The standard InChI is InChI=1S/C24H23FN4O2.C24H27N3O3.C22H22N4O2.C21H21N5O2.C21H24N4O3/c1-3-8-28-9-6-16(7-10-28)17-4-5-22-27-20(13-23(30)29(22)14-17)18-11-19(25)24-21(12-18)31-15(2)26-24;1-26-18-6-7-19(26)11-17(10-18)16-5-9-23-25-20(13-24(28)27(23)14-16)15-4-8-21(29-2)22(12-15)30-3;1-15-23-20-6-3-16(12-21(20)28-15)17-11-18-4-5-19(14-26(18)22(27)13-17)25-9-7-24(2)8-10-25;1-13-11-25(8-7-22-13)16-4-6-20-24-18(10-21(27)26(20)12-16)15-3-5-17-19(9-15)28-14(2)23-17;1-14-12-22-8-9-24(14)16-5-7-20-23-17(11-21(26)25(20)13-16)15-4-6-18(27-2)19(10-15)28-3/h4-6,11-14H,3,7-10H2,1-2H3;4-5,8-9,12-14,17-19H,6-7,10-11H2,1-3H3;3-6,11-14H,7-10H2,1-2H3;3-6,9-10,12-13,22H,7-8,11H2,1-2H3;4-7,10-11,13-14,22H,8-9,12H2,1-3H3/t;17?,18-,19+;;13-;14-/m...01/s1. The fraction of sp³-hybridized carbons (Fsp3) is 0.321. The molecule has 744 valence electrons. The third-order valence-corrected chi connectivity index (χ3v) is 28.5. The molecule has 0 amide bonds. The molecule has 6 aliphatic rings. The summed E-state index contributed by atoms with van der Waals surface area (Å²) in [6.45, 7) is 24.5. The van der Waals surface area contributed by atoms with Gasteiger partial charge >= 0.3 is 0 Å². The maximum Gasteiger partial charge on any atom is 0.258 e. The maximum atomic E-state index is 14.5. The Bertz CT molecular complexity index is 8290. The minimum atomic E-state index is -0.497. The third-order valence-electron chi connectivity index (χ3n) is 28.5. The number of hydrogen-bond acceptors (Lipinski definition) is 27. The van der Waals surface area contributed by atoms with E-state index >= 15 is 0 Å². The van der Waals surface area contributed by atoms with Gasteiger partial charge in [-0.1, -0.05) is 31.2 Å². The number of pyridine rings is 6. The van der Waals surface area contributed by atoms with Crippen LogP contribution in [0.3, 0.4) is 0 Å². The number of anilines is 3. The molecule has 33 heteroatoms. The Morgan fingerprint density at radius 1 is 0.434 bits per heavy atom. The van der Waals surface area contributed by atoms with E-state index in [1.54, 1.807) is 87.7 Å². The van der Waals surface area contributed by atoms with Crippen molar-refractivity contribution < 1.29 is 36.6 Å². The molecule has 1 unspecified atom stereocenters. The van der Waals surface area contributed by atoms with Crippen molar-refractivity contribution in [2.45, 2.75) is 110 Å². The van der Waals surface area contributed by atoms with Crippen molar-refractivity contribution in [2.75, 3.05) is 142 Å². The average Bonchev–Trinajstić information content (AvgIpc) is 1.42. The largest absolute Gasteiger partial charge is 0.493 e. The van der Waals surface area contributed by atoms with Crippen molar-refractivity contribution in [1.82, 2.24) is 82.2 Å². The lowest BCUT2D eigenvalue weighted by molar-refractivity contribution is 0.161. The number of fused-ring (bicyclic) bond motifs is 10. The predicted molar refractivity (Wildman–Crippen MR) is 565 cm³/mol. The van der Waals surface area contributed by atoms with Gasteiger partial charge in [-0.15, -0.1) is 0 Å². The first-order chi connectivity index (χ1) is 70.3. The molecular formula is C112H117FN20O12. The molecule has 5 atom stereocenters. The fourth-order valence-corrected chi connectivity index (χ4v) is 20.6. The molecule has 13 aromatic heterocycles. The number of aromatic nitrogens is 12. The zero-order chi connectivity index (χ0) is 101. The number of hydrogen-bond donors (Lipinski definition) is 2. The Morgan fingerprint density at radius 2 is 0.931 bits per heavy atom. The molecule has 0 aliphatic carbocycles. The Kier molecular flexibility index (Phi) is 27.9. The Hall–Kier alpha value is -15.6. The SMILES string of the molecule is CCCN1CC=C(c2ccc3nc(-c4cc(F)c5nc(C)oc5c4)cc(=O)n3c2)CC1.COc1ccc(-c2cc(=O)n3cc(C4C[C@H]5CC[C@@H](C4)N5C)ccc3n2)cc1OC.COc1ccc(-c2cc(=O)n3cc(N4CCNC[C@H]4C)ccc3n2)cc1OC.Cc1nc2ccc(-c3cc(=O)n4cc(N5CCN(C)CC5)ccc4c3)cc2o1.Cc1nc2ccc(-c3cc(=O)n4cc(N5CCN[C@@H](C)C5)ccc4n3)cc2o1. The molecule has 145 heavy (non-hydrogen) atoms. The summed E-state index contributed by atoms with van der Waals surface area (Å²) in [4.78, 5) is 110. The Labute approximate surface area is 835 Å². The normalized spacial score (nSPS) is 17.8. The molecule has 32 nitrogen and oxygen atoms in total. The minimum Gasteiger partial charge on any atom is -0.493 e. The monoisotopic (exact) mass is 1950 g/mol. The van der Waals surface area contributed by atoms with E-state index < -0.39 is 5.82 Å². The van der Waals surface area contributed by atoms with E-state index in [1.165, 1.54) is 49.0 Å². The molecular weight excluding hydrogens is 1840 g/mol. The van der Waals surface area contributed by atoms with Crippen LogP contribution >= 0.6 is 0 Å². The lowest BCUT2D eigenvalue weighted by atomic mass is 9.86. The van der Waals surface area contributed by atoms with Crippen LogP contribution in [0.4, 0.5) is 21.5 Å². The van der Waals surface area contributed by atoms with Crippen LogP contribution in [-0.4, -0.2) is 223 Å². The average molecular weight is 1950 g/mol. The minimum absolute atomic E-state index is 0.0303. The molecule has 5 saturated heterocycles. The molecule has 5 aromatic carbocycles. The second kappa shape index (κ2) is 41.8. The van der Waals surface area contributed by atoms with Gasteiger partial charge in [-0.05, 0) is 240 Å². The van der Waals surface area contributed by atoms with Crippen LogP contribution in [-0.2, 0) is 0 Å². The van der Waals surface area contributed by atoms with Crippen LogP contribution in [0.25, 0.3) is 123 Å². The van der Waals surface area contributed by atoms with Crippen molar-refractivity contribution in [2.24, 2.45) is 0 Å². The lowest BCUT2D eigenvalue weighted by Crippen LogP contribution is -2.50. The van der Waals surface area contributed by atoms with Gasteiger partial charge in [0.05, 0.1) is 68.3 Å². The molecule has 0 saturated carbocycles. The third kappa shape index (κ3) is 20.8. The highest BCUT2D eigenvalue weighted by Crippen LogP contribution is 2.43. The van der Waals surface area contributed by atoms with E-state index in [2.05, 4.69) is 118 Å². The molecule has 6 aliphatic heterocycles. The van der Waals surface area contributed by atoms with Crippen LogP contribution in [0.2, 0.25) is 0 Å². The number of rotatable bonds is 16. The van der Waals surface area contributed by atoms with Crippen LogP contribution in [0.1, 0.15) is 94.0 Å². The number of benzene rings is 5. The lowest BCUT2D eigenvalue weighted by Gasteiger charge is -2.36. The molecule has 19 heterocycles. The number of likely N-dealkylation sites (N-methyl/N-ethyl adjacent to an activating group) is 1. The summed E-state index contributed by atoms with van der Waals surface area (Å²) in [6, 6.07) is 57.6. The second-order valence-corrected chi connectivity index (χ2v) is 38.1. The number of oxazole rings is 3. The maximum absolute atomic E-state index is 14.5. The van der Waals surface area contributed by atoms with Gasteiger partial charge in [-0.3, -0.25) is 50.9 Å². The van der Waals surface area contributed by atoms with Crippen LogP contribution in [0.5, 0.6) is 23.0 Å². The van der Waals surface area contributed by atoms with Gasteiger partial charge in [0.15, 0.2) is 63.2 Å². The predicted octanol–water partition coefficient (Wildman–Crippen LogP) is 16.1. The number of piperidine rings is 1. The summed E-state index contributed by atoms with van der Waals surface area (Å²) >= 11 is 0. The van der Waals surface area contributed by atoms with Crippen molar-refractivity contribution >= 4 is 84.0 Å². The van der Waals surface area contributed by atoms with Gasteiger partial charge in [0, 0.05) is 213 Å². The molecule has 2 N–H and O–H groups in total. The first-order valence-electron chi connectivity index (χ1n) is 49.4. The first kappa shape index (κ1) is 96.9. The van der Waals surface area contributed by atoms with E-state index in [9.17, 15) is 28.4 Å². The number of ether oxygens (including phenoxy) is 4. The van der Waals surface area contributed by atoms with Gasteiger partial charge in [0.1, 0.15) is 39.1 Å². The van der Waals surface area contributed by atoms with Gasteiger partial charge in [0.25, 0.3) is 27.8 Å². The van der Waals surface area contributed by atoms with Gasteiger partial charge in [0.2, 0.25) is 0 Å². The van der Waals surface area contributed by atoms with Gasteiger partial charge < -0.3 is 67.3 Å². The highest BCUT2D eigenvalue weighted by molar-refractivity contribution is 5.84. The Morgan fingerprint density at radius 3 is 1.52 bits per heavy atom. The van der Waals surface area contributed by atoms with E-state index in [0.29, 0.717) is 133 Å². The van der Waals surface area contributed by atoms with E-state index in [0.717, 1.165) is 170 Å². The topological polar surface area (TPSA) is 317 Å². The zero-order valence-corrected chi connectivity index (χ0v) is 83.4. The number of piperazine rings is 3. The van der Waals surface area contributed by atoms with Crippen molar-refractivity contribution in [1.29, 1.82) is 0 Å². The summed E-state index contributed by atoms with van der Waals surface area (Å²) in [5.41, 5.74) is 20.1. The zero-order valence-electron chi connectivity index (χ0n) is 83.4. The summed E-state index contributed by atoms with van der Waals surface area (Å²) < 4.78 is 60.7. The second-order valence-electron chi connectivity index (χ2n) is 38.1. The molecule has 0 radical (unpaired) electrons. The number of nitrogens with one attached hydrogen (secondary N) is 2. The number of methoxy groups -OCH3 is 4. The molecule has 0 spiro atoms. The highest BCUT2D eigenvalue weighted by atomic mass is 19.1. The summed E-state index contributed by atoms with van der Waals surface area (Å²) in [5, 5.41) is 6.82. The quantitative estimate of drug-likeness (QED) is 0.0907. The number of nitrogens with zero attached hydrogens (tertiary/aromatic N) is 18. The fourth-order valence-electron chi connectivity index (χ4n) is 20.6. The molecule has 5 fully saturated rings. The summed E-state index contributed by atoms with van der Waals surface area (Å²) in [6.07, 6.45) is 18.8. The van der Waals surface area contributed by atoms with E-state index in [-0.39, 0.29) is 33.3 Å². The van der Waals surface area contributed by atoms with Crippen molar-refractivity contribution in [3.63, 3.8) is 0 Å². The van der Waals surface area contributed by atoms with Crippen LogP contribution < -0.4 is 72.1 Å². The van der Waals surface area contributed by atoms with Crippen LogP contribution in [0, 0.1) is 26.6 Å². The number of aryl methyl sites for hydroxylation is 3. The first-order valence-corrected chi connectivity index (χ1v) is 49.4. The summed E-state index contributed by atoms with van der Waals surface area (Å²) in [7, 11) is 10.8. The smallest absolute Gasteiger partial charge is 0.258 e. The molecule has 2 bridgehead atoms.